The molecule has 1 heterocycles. The zero-order chi connectivity index (χ0) is 13.3. The van der Waals surface area contributed by atoms with Gasteiger partial charge in [0.2, 0.25) is 0 Å². The number of aliphatic carboxylic acids is 1. The van der Waals surface area contributed by atoms with Gasteiger partial charge in [0, 0.05) is 19.5 Å². The molecular formula is C8H12F3NO4S. The van der Waals surface area contributed by atoms with Crippen LogP contribution in [0.5, 0.6) is 0 Å². The van der Waals surface area contributed by atoms with Gasteiger partial charge in [-0.2, -0.15) is 17.5 Å². The molecule has 0 amide bonds. The lowest BCUT2D eigenvalue weighted by Crippen LogP contribution is -2.39. The number of halogens is 3. The van der Waals surface area contributed by atoms with Crippen molar-refractivity contribution in [1.29, 1.82) is 0 Å². The average Bonchev–Trinajstić information content (AvgIpc) is 2.61. The van der Waals surface area contributed by atoms with E-state index in [1.807, 2.05) is 0 Å². The van der Waals surface area contributed by atoms with Crippen LogP contribution < -0.4 is 0 Å². The molecule has 1 aliphatic heterocycles. The van der Waals surface area contributed by atoms with Crippen molar-refractivity contribution in [3.63, 3.8) is 0 Å². The van der Waals surface area contributed by atoms with Crippen molar-refractivity contribution in [2.45, 2.75) is 24.8 Å². The van der Waals surface area contributed by atoms with Gasteiger partial charge in [-0.05, 0) is 18.8 Å². The molecule has 1 rings (SSSR count). The van der Waals surface area contributed by atoms with Crippen LogP contribution in [0.1, 0.15) is 19.3 Å². The van der Waals surface area contributed by atoms with Gasteiger partial charge in [0.1, 0.15) is 0 Å². The van der Waals surface area contributed by atoms with E-state index in [1.165, 1.54) is 0 Å². The van der Waals surface area contributed by atoms with Crippen LogP contribution in [0, 0.1) is 5.92 Å². The fraction of sp³-hybridized carbons (Fsp3) is 0.875. The molecule has 0 aromatic rings. The van der Waals surface area contributed by atoms with Gasteiger partial charge in [0.15, 0.2) is 0 Å². The van der Waals surface area contributed by atoms with E-state index in [9.17, 15) is 26.4 Å². The summed E-state index contributed by atoms with van der Waals surface area (Å²) in [6.07, 6.45) is 0.298. The summed E-state index contributed by atoms with van der Waals surface area (Å²) in [6.45, 7) is -0.457. The monoisotopic (exact) mass is 275 g/mol. The summed E-state index contributed by atoms with van der Waals surface area (Å²) in [4.78, 5) is 10.3. The van der Waals surface area contributed by atoms with Gasteiger partial charge in [-0.25, -0.2) is 8.42 Å². The zero-order valence-electron chi connectivity index (χ0n) is 8.77. The minimum atomic E-state index is -5.28. The van der Waals surface area contributed by atoms with Crippen molar-refractivity contribution in [2.75, 3.05) is 13.1 Å². The van der Waals surface area contributed by atoms with Crippen LogP contribution in [0.3, 0.4) is 0 Å². The molecular weight excluding hydrogens is 263 g/mol. The van der Waals surface area contributed by atoms with Gasteiger partial charge >= 0.3 is 21.5 Å². The van der Waals surface area contributed by atoms with Crippen molar-refractivity contribution in [2.24, 2.45) is 5.92 Å². The van der Waals surface area contributed by atoms with E-state index in [4.69, 9.17) is 5.11 Å². The lowest BCUT2D eigenvalue weighted by Gasteiger charge is -2.17. The molecule has 0 aromatic carbocycles. The minimum Gasteiger partial charge on any atom is -0.481 e. The number of hydrogen-bond acceptors (Lipinski definition) is 3. The molecule has 0 bridgehead atoms. The number of carboxylic acid groups (broad SMARTS) is 1. The molecule has 1 atom stereocenters. The highest BCUT2D eigenvalue weighted by atomic mass is 32.2. The molecule has 0 aromatic heterocycles. The molecule has 100 valence electrons. The minimum absolute atomic E-state index is 0.162. The van der Waals surface area contributed by atoms with Crippen molar-refractivity contribution in [1.82, 2.24) is 4.31 Å². The Morgan fingerprint density at radius 1 is 1.41 bits per heavy atom. The number of carboxylic acids is 1. The molecule has 1 aliphatic rings. The van der Waals surface area contributed by atoms with Crippen molar-refractivity contribution < 1.29 is 31.5 Å². The molecule has 0 spiro atoms. The van der Waals surface area contributed by atoms with E-state index < -0.39 is 21.5 Å². The average molecular weight is 275 g/mol. The summed E-state index contributed by atoms with van der Waals surface area (Å²) in [5.41, 5.74) is -5.28. The third-order valence-electron chi connectivity index (χ3n) is 2.65. The molecule has 1 N–H and O–H groups in total. The van der Waals surface area contributed by atoms with E-state index in [2.05, 4.69) is 0 Å². The number of hydrogen-bond donors (Lipinski definition) is 1. The quantitative estimate of drug-likeness (QED) is 0.831. The van der Waals surface area contributed by atoms with Crippen LogP contribution in [-0.4, -0.2) is 42.4 Å². The third-order valence-corrected chi connectivity index (χ3v) is 4.24. The smallest absolute Gasteiger partial charge is 0.481 e. The Balaban J connectivity index is 2.59. The van der Waals surface area contributed by atoms with Crippen molar-refractivity contribution >= 4 is 16.0 Å². The molecule has 1 unspecified atom stereocenters. The number of rotatable bonds is 4. The van der Waals surface area contributed by atoms with E-state index in [0.717, 1.165) is 0 Å². The van der Waals surface area contributed by atoms with Gasteiger partial charge in [0.05, 0.1) is 0 Å². The molecule has 9 heteroatoms. The standard InChI is InChI=1S/C8H12F3NO4S/c9-8(10,11)17(15,16)12-4-3-6(5-12)1-2-7(13)14/h6H,1-5H2,(H,13,14). The summed E-state index contributed by atoms with van der Waals surface area (Å²) in [5, 5.41) is 8.42. The number of alkyl halides is 3. The number of carbonyl (C=O) groups is 1. The summed E-state index contributed by atoms with van der Waals surface area (Å²) in [6, 6.07) is 0. The second-order valence-corrected chi connectivity index (χ2v) is 5.83. The predicted molar refractivity (Wildman–Crippen MR) is 51.5 cm³/mol. The summed E-state index contributed by atoms with van der Waals surface area (Å²) < 4.78 is 59.0. The number of nitrogens with zero attached hydrogens (tertiary/aromatic N) is 1. The lowest BCUT2D eigenvalue weighted by molar-refractivity contribution is -0.137. The second-order valence-electron chi connectivity index (χ2n) is 3.90. The SMILES string of the molecule is O=C(O)CCC1CCN(S(=O)(=O)C(F)(F)F)C1. The first-order valence-corrected chi connectivity index (χ1v) is 6.37. The zero-order valence-corrected chi connectivity index (χ0v) is 9.59. The fourth-order valence-electron chi connectivity index (χ4n) is 1.73. The first kappa shape index (κ1) is 14.2. The van der Waals surface area contributed by atoms with Gasteiger partial charge in [-0.15, -0.1) is 0 Å². The molecule has 0 radical (unpaired) electrons. The van der Waals surface area contributed by atoms with Crippen LogP contribution in [-0.2, 0) is 14.8 Å². The van der Waals surface area contributed by atoms with Crippen molar-refractivity contribution in [3.8, 4) is 0 Å². The van der Waals surface area contributed by atoms with Crippen LogP contribution in [0.15, 0.2) is 0 Å². The van der Waals surface area contributed by atoms with Gasteiger partial charge in [0.25, 0.3) is 0 Å². The molecule has 1 fully saturated rings. The Kier molecular flexibility index (Phi) is 4.03. The second kappa shape index (κ2) is 4.81. The van der Waals surface area contributed by atoms with E-state index >= 15 is 0 Å². The lowest BCUT2D eigenvalue weighted by atomic mass is 10.0. The summed E-state index contributed by atoms with van der Waals surface area (Å²) >= 11 is 0. The van der Waals surface area contributed by atoms with Crippen LogP contribution in [0.25, 0.3) is 0 Å². The van der Waals surface area contributed by atoms with Crippen LogP contribution >= 0.6 is 0 Å². The summed E-state index contributed by atoms with van der Waals surface area (Å²) in [7, 11) is -5.26. The Morgan fingerprint density at radius 2 is 2.00 bits per heavy atom. The molecule has 0 saturated carbocycles. The molecule has 5 nitrogen and oxygen atoms in total. The molecule has 17 heavy (non-hydrogen) atoms. The van der Waals surface area contributed by atoms with Gasteiger partial charge in [-0.1, -0.05) is 0 Å². The van der Waals surface area contributed by atoms with Gasteiger partial charge in [-0.3, -0.25) is 4.79 Å². The third kappa shape index (κ3) is 3.32. The highest BCUT2D eigenvalue weighted by Crippen LogP contribution is 2.32. The maximum Gasteiger partial charge on any atom is 0.511 e. The first-order valence-electron chi connectivity index (χ1n) is 4.93. The van der Waals surface area contributed by atoms with E-state index in [0.29, 0.717) is 4.31 Å². The fourth-order valence-corrected chi connectivity index (χ4v) is 2.77. The Bertz CT molecular complexity index is 392. The van der Waals surface area contributed by atoms with E-state index in [-0.39, 0.29) is 38.3 Å². The maximum absolute atomic E-state index is 12.2. The van der Waals surface area contributed by atoms with Crippen LogP contribution in [0.4, 0.5) is 13.2 Å². The predicted octanol–water partition coefficient (Wildman–Crippen LogP) is 1.02. The Morgan fingerprint density at radius 3 is 2.47 bits per heavy atom. The largest absolute Gasteiger partial charge is 0.511 e. The molecule has 1 saturated heterocycles. The highest BCUT2D eigenvalue weighted by molar-refractivity contribution is 7.90. The maximum atomic E-state index is 12.2. The Hall–Kier alpha value is -0.830. The Labute approximate surface area is 96.3 Å². The van der Waals surface area contributed by atoms with Crippen LogP contribution in [0.2, 0.25) is 0 Å². The van der Waals surface area contributed by atoms with Crippen molar-refractivity contribution in [3.05, 3.63) is 0 Å². The highest BCUT2D eigenvalue weighted by Gasteiger charge is 2.51. The first-order chi connectivity index (χ1) is 7.64. The number of sulfonamides is 1. The normalized spacial score (nSPS) is 22.9. The topological polar surface area (TPSA) is 74.7 Å². The molecule has 0 aliphatic carbocycles. The van der Waals surface area contributed by atoms with E-state index in [1.54, 1.807) is 0 Å². The summed E-state index contributed by atoms with van der Waals surface area (Å²) in [5.74, 6) is -1.36. The van der Waals surface area contributed by atoms with Gasteiger partial charge < -0.3 is 5.11 Å².